The molecule has 0 bridgehead atoms. The monoisotopic (exact) mass is 339 g/mol. The average molecular weight is 339 g/mol. The van der Waals surface area contributed by atoms with Crippen LogP contribution in [0, 0.1) is 5.41 Å². The van der Waals surface area contributed by atoms with Crippen molar-refractivity contribution in [1.82, 2.24) is 15.1 Å². The first kappa shape index (κ1) is 17.6. The number of methoxy groups -OCH3 is 1. The number of aliphatic hydroxyl groups excluding tert-OH is 1. The summed E-state index contributed by atoms with van der Waals surface area (Å²) in [5, 5.41) is 13.0. The van der Waals surface area contributed by atoms with Gasteiger partial charge in [0.05, 0.1) is 18.1 Å². The van der Waals surface area contributed by atoms with Crippen LogP contribution in [0.4, 0.5) is 0 Å². The molecule has 3 aliphatic heterocycles. The van der Waals surface area contributed by atoms with Crippen molar-refractivity contribution in [3.63, 3.8) is 0 Å². The Kier molecular flexibility index (Phi) is 5.42. The molecule has 3 saturated heterocycles. The van der Waals surface area contributed by atoms with Crippen molar-refractivity contribution in [2.45, 2.75) is 44.2 Å². The predicted octanol–water partition coefficient (Wildman–Crippen LogP) is -0.413. The highest BCUT2D eigenvalue weighted by Gasteiger charge is 2.47. The second kappa shape index (κ2) is 7.37. The average Bonchev–Trinajstić information content (AvgIpc) is 3.02. The van der Waals surface area contributed by atoms with E-state index in [1.54, 1.807) is 7.11 Å². The van der Waals surface area contributed by atoms with Gasteiger partial charge in [0, 0.05) is 33.3 Å². The van der Waals surface area contributed by atoms with Gasteiger partial charge >= 0.3 is 0 Å². The highest BCUT2D eigenvalue weighted by Crippen LogP contribution is 2.41. The normalized spacial score (nSPS) is 30.2. The Morgan fingerprint density at radius 2 is 2.08 bits per heavy atom. The maximum absolute atomic E-state index is 12.9. The molecule has 24 heavy (non-hydrogen) atoms. The van der Waals surface area contributed by atoms with Crippen molar-refractivity contribution in [3.05, 3.63) is 0 Å². The summed E-state index contributed by atoms with van der Waals surface area (Å²) in [6, 6.07) is -0.473. The third kappa shape index (κ3) is 3.30. The van der Waals surface area contributed by atoms with E-state index in [1.807, 2.05) is 9.80 Å². The van der Waals surface area contributed by atoms with E-state index < -0.39 is 12.1 Å². The van der Waals surface area contributed by atoms with Gasteiger partial charge in [0.15, 0.2) is 0 Å². The molecule has 2 amide bonds. The van der Waals surface area contributed by atoms with Crippen molar-refractivity contribution in [2.24, 2.45) is 5.41 Å². The number of hydrogen-bond acceptors (Lipinski definition) is 5. The van der Waals surface area contributed by atoms with Gasteiger partial charge in [-0.05, 0) is 38.6 Å². The van der Waals surface area contributed by atoms with E-state index in [2.05, 4.69) is 5.32 Å². The SMILES string of the molecule is COCCN1CCCC2(CCN(C(=O)[C@H]3NCC[C@@H]3O)CC2)C1=O. The number of hydrogen-bond donors (Lipinski definition) is 2. The largest absolute Gasteiger partial charge is 0.391 e. The van der Waals surface area contributed by atoms with Gasteiger partial charge in [0.2, 0.25) is 11.8 Å². The summed E-state index contributed by atoms with van der Waals surface area (Å²) in [5.41, 5.74) is -0.301. The lowest BCUT2D eigenvalue weighted by molar-refractivity contribution is -0.154. The molecule has 7 nitrogen and oxygen atoms in total. The van der Waals surface area contributed by atoms with Gasteiger partial charge in [0.1, 0.15) is 6.04 Å². The van der Waals surface area contributed by atoms with Crippen molar-refractivity contribution in [2.75, 3.05) is 46.4 Å². The lowest BCUT2D eigenvalue weighted by Crippen LogP contribution is -2.57. The molecule has 0 aliphatic carbocycles. The van der Waals surface area contributed by atoms with E-state index in [0.29, 0.717) is 39.2 Å². The van der Waals surface area contributed by atoms with Gasteiger partial charge in [-0.1, -0.05) is 0 Å². The van der Waals surface area contributed by atoms with Gasteiger partial charge < -0.3 is 25.0 Å². The molecule has 3 aliphatic rings. The summed E-state index contributed by atoms with van der Waals surface area (Å²) in [6.07, 6.45) is 3.43. The Balaban J connectivity index is 1.59. The van der Waals surface area contributed by atoms with Crippen LogP contribution in [0.15, 0.2) is 0 Å². The Hall–Kier alpha value is -1.18. The molecule has 0 radical (unpaired) electrons. The molecular formula is C17H29N3O4. The van der Waals surface area contributed by atoms with Gasteiger partial charge in [0.25, 0.3) is 0 Å². The molecule has 2 atom stereocenters. The maximum atomic E-state index is 12.9. The van der Waals surface area contributed by atoms with Crippen LogP contribution in [0.2, 0.25) is 0 Å². The molecule has 0 aromatic rings. The standard InChI is InChI=1S/C17H29N3O4/c1-24-12-11-20-8-2-4-17(16(20)23)5-9-19(10-6-17)15(22)14-13(21)3-7-18-14/h13-14,18,21H,2-12H2,1H3/t13-,14-/m0/s1. The second-order valence-electron chi connectivity index (χ2n) is 7.28. The molecule has 136 valence electrons. The molecule has 0 aromatic heterocycles. The summed E-state index contributed by atoms with van der Waals surface area (Å²) in [4.78, 5) is 29.2. The van der Waals surface area contributed by atoms with Crippen molar-refractivity contribution < 1.29 is 19.4 Å². The Bertz CT molecular complexity index is 476. The molecule has 2 N–H and O–H groups in total. The Morgan fingerprint density at radius 3 is 2.71 bits per heavy atom. The molecule has 0 unspecified atom stereocenters. The molecular weight excluding hydrogens is 310 g/mol. The van der Waals surface area contributed by atoms with Crippen LogP contribution in [0.25, 0.3) is 0 Å². The van der Waals surface area contributed by atoms with E-state index in [-0.39, 0.29) is 17.2 Å². The number of piperidine rings is 2. The van der Waals surface area contributed by atoms with Crippen LogP contribution in [0.5, 0.6) is 0 Å². The number of nitrogens with one attached hydrogen (secondary N) is 1. The van der Waals surface area contributed by atoms with Crippen molar-refractivity contribution in [3.8, 4) is 0 Å². The predicted molar refractivity (Wildman–Crippen MR) is 88.4 cm³/mol. The van der Waals surface area contributed by atoms with Crippen LogP contribution >= 0.6 is 0 Å². The van der Waals surface area contributed by atoms with Gasteiger partial charge in [-0.3, -0.25) is 9.59 Å². The van der Waals surface area contributed by atoms with Crippen molar-refractivity contribution in [1.29, 1.82) is 0 Å². The summed E-state index contributed by atoms with van der Waals surface area (Å²) in [7, 11) is 1.65. The number of nitrogens with zero attached hydrogens (tertiary/aromatic N) is 2. The molecule has 0 saturated carbocycles. The molecule has 7 heteroatoms. The number of carbonyl (C=O) groups is 2. The van der Waals surface area contributed by atoms with Crippen molar-refractivity contribution >= 4 is 11.8 Å². The zero-order valence-corrected chi connectivity index (χ0v) is 14.5. The van der Waals surface area contributed by atoms with E-state index in [4.69, 9.17) is 4.74 Å². The van der Waals surface area contributed by atoms with E-state index in [1.165, 1.54) is 0 Å². The summed E-state index contributed by atoms with van der Waals surface area (Å²) >= 11 is 0. The lowest BCUT2D eigenvalue weighted by atomic mass is 9.71. The summed E-state index contributed by atoms with van der Waals surface area (Å²) < 4.78 is 5.11. The zero-order chi connectivity index (χ0) is 17.2. The highest BCUT2D eigenvalue weighted by atomic mass is 16.5. The first-order valence-electron chi connectivity index (χ1n) is 9.06. The first-order valence-corrected chi connectivity index (χ1v) is 9.06. The van der Waals surface area contributed by atoms with E-state index in [9.17, 15) is 14.7 Å². The minimum Gasteiger partial charge on any atom is -0.391 e. The quantitative estimate of drug-likeness (QED) is 0.727. The van der Waals surface area contributed by atoms with Gasteiger partial charge in [-0.15, -0.1) is 0 Å². The van der Waals surface area contributed by atoms with Gasteiger partial charge in [-0.25, -0.2) is 0 Å². The van der Waals surface area contributed by atoms with Crippen LogP contribution < -0.4 is 5.32 Å². The second-order valence-corrected chi connectivity index (χ2v) is 7.28. The molecule has 3 rings (SSSR count). The van der Waals surface area contributed by atoms with Gasteiger partial charge in [-0.2, -0.15) is 0 Å². The topological polar surface area (TPSA) is 82.1 Å². The Labute approximate surface area is 143 Å². The third-order valence-electron chi connectivity index (χ3n) is 5.88. The fourth-order valence-electron chi connectivity index (χ4n) is 4.32. The first-order chi connectivity index (χ1) is 11.6. The molecule has 0 aromatic carbocycles. The van der Waals surface area contributed by atoms with E-state index >= 15 is 0 Å². The number of ether oxygens (including phenoxy) is 1. The summed E-state index contributed by atoms with van der Waals surface area (Å²) in [6.45, 7) is 3.92. The minimum atomic E-state index is -0.589. The zero-order valence-electron chi connectivity index (χ0n) is 14.5. The number of amides is 2. The third-order valence-corrected chi connectivity index (χ3v) is 5.88. The minimum absolute atomic E-state index is 0.0191. The van der Waals surface area contributed by atoms with Crippen LogP contribution in [0.1, 0.15) is 32.1 Å². The number of aliphatic hydroxyl groups is 1. The van der Waals surface area contributed by atoms with Crippen LogP contribution in [-0.2, 0) is 14.3 Å². The Morgan fingerprint density at radius 1 is 1.33 bits per heavy atom. The highest BCUT2D eigenvalue weighted by molar-refractivity contribution is 5.85. The summed E-state index contributed by atoms with van der Waals surface area (Å²) in [5.74, 6) is 0.214. The molecule has 3 fully saturated rings. The fraction of sp³-hybridized carbons (Fsp3) is 0.882. The van der Waals surface area contributed by atoms with Crippen LogP contribution in [-0.4, -0.2) is 85.3 Å². The number of likely N-dealkylation sites (tertiary alicyclic amines) is 2. The fourth-order valence-corrected chi connectivity index (χ4v) is 4.32. The smallest absolute Gasteiger partial charge is 0.242 e. The lowest BCUT2D eigenvalue weighted by Gasteiger charge is -2.46. The maximum Gasteiger partial charge on any atom is 0.242 e. The molecule has 3 heterocycles. The molecule has 1 spiro atoms. The number of rotatable bonds is 4. The van der Waals surface area contributed by atoms with Crippen LogP contribution in [0.3, 0.4) is 0 Å². The van der Waals surface area contributed by atoms with E-state index in [0.717, 1.165) is 32.2 Å². The number of carbonyl (C=O) groups excluding carboxylic acids is 2.